The van der Waals surface area contributed by atoms with E-state index in [1.54, 1.807) is 6.07 Å². The Morgan fingerprint density at radius 1 is 1.39 bits per heavy atom. The first kappa shape index (κ1) is 13.0. The van der Waals surface area contributed by atoms with Gasteiger partial charge in [0, 0.05) is 11.2 Å². The van der Waals surface area contributed by atoms with E-state index in [4.69, 9.17) is 17.3 Å². The summed E-state index contributed by atoms with van der Waals surface area (Å²) in [6.45, 7) is 0. The first-order valence-electron chi connectivity index (χ1n) is 5.09. The van der Waals surface area contributed by atoms with Crippen LogP contribution in [0.15, 0.2) is 41.6 Å². The maximum Gasteiger partial charge on any atom is 0.124 e. The number of hydrogen-bond acceptors (Lipinski definition) is 3. The molecule has 2 N–H and O–H groups in total. The Morgan fingerprint density at radius 2 is 2.17 bits per heavy atom. The molecule has 2 aromatic rings. The largest absolute Gasteiger partial charge is 0.396 e. The van der Waals surface area contributed by atoms with Gasteiger partial charge in [0.25, 0.3) is 0 Å². The van der Waals surface area contributed by atoms with E-state index in [1.165, 1.54) is 30.6 Å². The van der Waals surface area contributed by atoms with Crippen LogP contribution in [0.1, 0.15) is 5.56 Å². The first-order valence-corrected chi connectivity index (χ1v) is 6.79. The molecule has 1 atom stereocenters. The van der Waals surface area contributed by atoms with Crippen molar-refractivity contribution >= 4 is 28.1 Å². The molecule has 0 amide bonds. The zero-order valence-corrected chi connectivity index (χ0v) is 10.8. The zero-order valence-electron chi connectivity index (χ0n) is 9.27. The topological polar surface area (TPSA) is 56.0 Å². The number of nitrogens with zero attached hydrogens (tertiary/aromatic N) is 1. The molecule has 6 heteroatoms. The minimum atomic E-state index is -1.33. The summed E-state index contributed by atoms with van der Waals surface area (Å²) >= 11 is 5.88. The van der Waals surface area contributed by atoms with Crippen LogP contribution in [0.2, 0.25) is 5.02 Å². The van der Waals surface area contributed by atoms with Crippen LogP contribution in [0.5, 0.6) is 0 Å². The number of anilines is 1. The van der Waals surface area contributed by atoms with Gasteiger partial charge in [0.2, 0.25) is 0 Å². The maximum absolute atomic E-state index is 12.9. The van der Waals surface area contributed by atoms with Crippen molar-refractivity contribution in [3.05, 3.63) is 53.1 Å². The summed E-state index contributed by atoms with van der Waals surface area (Å²) in [7, 11) is -1.33. The van der Waals surface area contributed by atoms with Crippen LogP contribution in [-0.2, 0) is 16.6 Å². The third-order valence-electron chi connectivity index (χ3n) is 2.36. The first-order chi connectivity index (χ1) is 8.58. The summed E-state index contributed by atoms with van der Waals surface area (Å²) in [6, 6.07) is 5.61. The number of benzene rings is 1. The van der Waals surface area contributed by atoms with Crippen molar-refractivity contribution in [1.29, 1.82) is 0 Å². The summed E-state index contributed by atoms with van der Waals surface area (Å²) in [6.07, 6.45) is 2.97. The Morgan fingerprint density at radius 3 is 2.83 bits per heavy atom. The van der Waals surface area contributed by atoms with Gasteiger partial charge in [0.1, 0.15) is 5.82 Å². The molecule has 18 heavy (non-hydrogen) atoms. The third-order valence-corrected chi connectivity index (χ3v) is 4.14. The highest BCUT2D eigenvalue weighted by atomic mass is 35.5. The van der Waals surface area contributed by atoms with Gasteiger partial charge in [-0.05, 0) is 23.8 Å². The van der Waals surface area contributed by atoms with Gasteiger partial charge in [-0.2, -0.15) is 0 Å². The van der Waals surface area contributed by atoms with Crippen molar-refractivity contribution in [2.45, 2.75) is 10.6 Å². The molecular weight excluding hydrogens is 275 g/mol. The van der Waals surface area contributed by atoms with Crippen LogP contribution in [-0.4, -0.2) is 9.19 Å². The molecule has 0 fully saturated rings. The van der Waals surface area contributed by atoms with Crippen molar-refractivity contribution in [3.8, 4) is 0 Å². The molecule has 0 saturated carbocycles. The van der Waals surface area contributed by atoms with Crippen molar-refractivity contribution < 1.29 is 8.60 Å². The lowest BCUT2D eigenvalue weighted by atomic mass is 10.2. The van der Waals surface area contributed by atoms with Crippen LogP contribution in [0.4, 0.5) is 10.1 Å². The van der Waals surface area contributed by atoms with Crippen LogP contribution >= 0.6 is 11.6 Å². The third kappa shape index (κ3) is 2.86. The molecular formula is C12H10ClFN2OS. The van der Waals surface area contributed by atoms with Gasteiger partial charge < -0.3 is 5.73 Å². The summed E-state index contributed by atoms with van der Waals surface area (Å²) in [5.41, 5.74) is 6.68. The van der Waals surface area contributed by atoms with Crippen molar-refractivity contribution in [1.82, 2.24) is 4.98 Å². The molecule has 1 aromatic heterocycles. The number of pyridine rings is 1. The van der Waals surface area contributed by atoms with E-state index >= 15 is 0 Å². The quantitative estimate of drug-likeness (QED) is 0.943. The predicted octanol–water partition coefficient (Wildman–Crippen LogP) is 2.76. The Labute approximate surface area is 111 Å². The minimum absolute atomic E-state index is 0.188. The van der Waals surface area contributed by atoms with E-state index in [-0.39, 0.29) is 10.8 Å². The molecule has 0 aliphatic carbocycles. The van der Waals surface area contributed by atoms with Crippen LogP contribution in [0, 0.1) is 5.82 Å². The van der Waals surface area contributed by atoms with Gasteiger partial charge in [-0.3, -0.25) is 9.19 Å². The standard InChI is InChI=1S/C12H10ClFN2OS/c13-10-5-9(14)2-1-8(10)7-18(17)12-3-4-16-6-11(12)15/h1-6H,7,15H2. The van der Waals surface area contributed by atoms with E-state index in [2.05, 4.69) is 4.98 Å². The number of nitrogens with two attached hydrogens (primary N) is 1. The average Bonchev–Trinajstić information content (AvgIpc) is 2.33. The highest BCUT2D eigenvalue weighted by Gasteiger charge is 2.11. The van der Waals surface area contributed by atoms with Gasteiger partial charge >= 0.3 is 0 Å². The summed E-state index contributed by atoms with van der Waals surface area (Å²) in [5, 5.41) is 0.260. The number of rotatable bonds is 3. The van der Waals surface area contributed by atoms with Gasteiger partial charge in [0.05, 0.1) is 33.3 Å². The van der Waals surface area contributed by atoms with Crippen molar-refractivity contribution in [3.63, 3.8) is 0 Å². The molecule has 0 bridgehead atoms. The fraction of sp³-hybridized carbons (Fsp3) is 0.0833. The molecule has 2 rings (SSSR count). The summed E-state index contributed by atoms with van der Waals surface area (Å²) < 4.78 is 25.0. The fourth-order valence-electron chi connectivity index (χ4n) is 1.46. The molecule has 94 valence electrons. The summed E-state index contributed by atoms with van der Waals surface area (Å²) in [4.78, 5) is 4.33. The Kier molecular flexibility index (Phi) is 3.93. The maximum atomic E-state index is 12.9. The monoisotopic (exact) mass is 284 g/mol. The molecule has 1 unspecified atom stereocenters. The Hall–Kier alpha value is -1.46. The Bertz CT molecular complexity index is 606. The second-order valence-electron chi connectivity index (χ2n) is 3.64. The summed E-state index contributed by atoms with van der Waals surface area (Å²) in [5.74, 6) is -0.231. The number of halogens is 2. The fourth-order valence-corrected chi connectivity index (χ4v) is 2.99. The van der Waals surface area contributed by atoms with Crippen LogP contribution < -0.4 is 5.73 Å². The van der Waals surface area contributed by atoms with E-state index in [1.807, 2.05) is 0 Å². The molecule has 0 aliphatic heterocycles. The van der Waals surface area contributed by atoms with Gasteiger partial charge in [-0.25, -0.2) is 4.39 Å². The number of hydrogen-bond donors (Lipinski definition) is 1. The molecule has 0 spiro atoms. The van der Waals surface area contributed by atoms with Gasteiger partial charge in [-0.1, -0.05) is 17.7 Å². The minimum Gasteiger partial charge on any atom is -0.396 e. The lowest BCUT2D eigenvalue weighted by molar-refractivity contribution is 0.627. The van der Waals surface area contributed by atoms with Crippen molar-refractivity contribution in [2.75, 3.05) is 5.73 Å². The molecule has 0 radical (unpaired) electrons. The van der Waals surface area contributed by atoms with Gasteiger partial charge in [0.15, 0.2) is 0 Å². The van der Waals surface area contributed by atoms with Crippen LogP contribution in [0.3, 0.4) is 0 Å². The number of nitrogen functional groups attached to an aromatic ring is 1. The second kappa shape index (κ2) is 5.46. The van der Waals surface area contributed by atoms with Crippen LogP contribution in [0.25, 0.3) is 0 Å². The van der Waals surface area contributed by atoms with E-state index in [9.17, 15) is 8.60 Å². The molecule has 1 aromatic carbocycles. The lowest BCUT2D eigenvalue weighted by Gasteiger charge is -2.06. The normalized spacial score (nSPS) is 12.3. The smallest absolute Gasteiger partial charge is 0.124 e. The SMILES string of the molecule is Nc1cnccc1S(=O)Cc1ccc(F)cc1Cl. The van der Waals surface area contributed by atoms with E-state index in [0.717, 1.165) is 0 Å². The molecule has 0 saturated heterocycles. The molecule has 1 heterocycles. The van der Waals surface area contributed by atoms with Gasteiger partial charge in [-0.15, -0.1) is 0 Å². The number of aromatic nitrogens is 1. The van der Waals surface area contributed by atoms with Crippen molar-refractivity contribution in [2.24, 2.45) is 0 Å². The molecule has 0 aliphatic rings. The van der Waals surface area contributed by atoms with E-state index < -0.39 is 16.6 Å². The average molecular weight is 285 g/mol. The second-order valence-corrected chi connectivity index (χ2v) is 5.47. The highest BCUT2D eigenvalue weighted by Crippen LogP contribution is 2.23. The van der Waals surface area contributed by atoms with E-state index in [0.29, 0.717) is 16.1 Å². The highest BCUT2D eigenvalue weighted by molar-refractivity contribution is 7.84. The predicted molar refractivity (Wildman–Crippen MR) is 70.2 cm³/mol. The lowest BCUT2D eigenvalue weighted by Crippen LogP contribution is -2.02. The Balaban J connectivity index is 2.24. The molecule has 3 nitrogen and oxygen atoms in total. The zero-order chi connectivity index (χ0) is 13.1.